The summed E-state index contributed by atoms with van der Waals surface area (Å²) in [5, 5.41) is 9.34. The normalized spacial score (nSPS) is 21.5. The molecule has 0 aliphatic carbocycles. The molecule has 0 spiro atoms. The van der Waals surface area contributed by atoms with Crippen LogP contribution in [-0.4, -0.2) is 24.0 Å². The van der Waals surface area contributed by atoms with Gasteiger partial charge in [0.15, 0.2) is 6.29 Å². The number of phenolic OH excluding ortho intramolecular Hbond substituents is 1. The van der Waals surface area contributed by atoms with Crippen LogP contribution in [0.5, 0.6) is 5.75 Å². The van der Waals surface area contributed by atoms with E-state index >= 15 is 0 Å². The molecule has 0 radical (unpaired) electrons. The number of phenols is 1. The number of esters is 1. The van der Waals surface area contributed by atoms with Crippen molar-refractivity contribution >= 4 is 5.97 Å². The Balaban J connectivity index is 1.63. The van der Waals surface area contributed by atoms with Gasteiger partial charge in [0.25, 0.3) is 0 Å². The van der Waals surface area contributed by atoms with E-state index in [4.69, 9.17) is 14.2 Å². The quantitative estimate of drug-likeness (QED) is 0.837. The van der Waals surface area contributed by atoms with E-state index < -0.39 is 6.29 Å². The maximum atomic E-state index is 11.1. The molecule has 0 fully saturated rings. The minimum Gasteiger partial charge on any atom is -0.508 e. The number of hydrogen-bond donors (Lipinski definition) is 1. The van der Waals surface area contributed by atoms with Crippen LogP contribution in [0.1, 0.15) is 5.56 Å². The van der Waals surface area contributed by atoms with Gasteiger partial charge in [-0.25, -0.2) is 4.79 Å². The molecule has 1 atom stereocenters. The third-order valence-electron chi connectivity index (χ3n) is 2.83. The largest absolute Gasteiger partial charge is 0.508 e. The Morgan fingerprint density at radius 3 is 3.16 bits per heavy atom. The van der Waals surface area contributed by atoms with Gasteiger partial charge in [-0.15, -0.1) is 0 Å². The molecule has 1 aromatic rings. The first-order valence-corrected chi connectivity index (χ1v) is 5.86. The van der Waals surface area contributed by atoms with Gasteiger partial charge < -0.3 is 19.3 Å². The summed E-state index contributed by atoms with van der Waals surface area (Å²) in [6, 6.07) is 6.80. The standard InChI is InChI=1S/C14H12O5/c15-11-3-1-2-9(4-11)7-17-14-6-12-10(8-18-14)5-13(16)19-12/h1-6,14-15H,7-8H2. The monoisotopic (exact) mass is 260 g/mol. The van der Waals surface area contributed by atoms with Gasteiger partial charge in [-0.05, 0) is 17.7 Å². The Kier molecular flexibility index (Phi) is 3.06. The molecule has 1 aromatic carbocycles. The first-order valence-electron chi connectivity index (χ1n) is 5.86. The van der Waals surface area contributed by atoms with Gasteiger partial charge >= 0.3 is 5.97 Å². The Morgan fingerprint density at radius 1 is 1.42 bits per heavy atom. The number of benzene rings is 1. The zero-order chi connectivity index (χ0) is 13.2. The molecule has 0 amide bonds. The Labute approximate surface area is 109 Å². The molecular formula is C14H12O5. The SMILES string of the molecule is O=C1C=C2COC(OCc3cccc(O)c3)C=C2O1. The van der Waals surface area contributed by atoms with Crippen molar-refractivity contribution in [1.29, 1.82) is 0 Å². The lowest BCUT2D eigenvalue weighted by Crippen LogP contribution is -2.21. The summed E-state index contributed by atoms with van der Waals surface area (Å²) in [6.07, 6.45) is 2.49. The molecule has 98 valence electrons. The van der Waals surface area contributed by atoms with E-state index in [-0.39, 0.29) is 11.7 Å². The van der Waals surface area contributed by atoms with Crippen LogP contribution in [0.4, 0.5) is 0 Å². The molecule has 0 aromatic heterocycles. The lowest BCUT2D eigenvalue weighted by atomic mass is 10.2. The second-order valence-electron chi connectivity index (χ2n) is 4.28. The fraction of sp³-hybridized carbons (Fsp3) is 0.214. The van der Waals surface area contributed by atoms with Gasteiger partial charge in [0, 0.05) is 17.7 Å². The number of fused-ring (bicyclic) bond motifs is 1. The van der Waals surface area contributed by atoms with Gasteiger partial charge in [-0.1, -0.05) is 12.1 Å². The van der Waals surface area contributed by atoms with Crippen LogP contribution in [0, 0.1) is 0 Å². The molecule has 1 N–H and O–H groups in total. The first kappa shape index (κ1) is 12.0. The molecule has 3 rings (SSSR count). The number of carbonyl (C=O) groups is 1. The number of carbonyl (C=O) groups excluding carboxylic acids is 1. The topological polar surface area (TPSA) is 65.0 Å². The summed E-state index contributed by atoms with van der Waals surface area (Å²) >= 11 is 0. The second kappa shape index (κ2) is 4.87. The van der Waals surface area contributed by atoms with Crippen LogP contribution in [0.15, 0.2) is 47.7 Å². The van der Waals surface area contributed by atoms with Crippen LogP contribution >= 0.6 is 0 Å². The highest BCUT2D eigenvalue weighted by Gasteiger charge is 2.26. The zero-order valence-corrected chi connectivity index (χ0v) is 10.0. The van der Waals surface area contributed by atoms with Crippen molar-refractivity contribution in [2.24, 2.45) is 0 Å². The molecule has 0 bridgehead atoms. The van der Waals surface area contributed by atoms with Crippen molar-refractivity contribution < 1.29 is 24.1 Å². The Bertz CT molecular complexity index is 573. The summed E-state index contributed by atoms with van der Waals surface area (Å²) in [5.41, 5.74) is 1.58. The van der Waals surface area contributed by atoms with E-state index in [9.17, 15) is 9.90 Å². The average molecular weight is 260 g/mol. The van der Waals surface area contributed by atoms with E-state index in [1.807, 2.05) is 6.07 Å². The fourth-order valence-corrected chi connectivity index (χ4v) is 1.94. The minimum absolute atomic E-state index is 0.193. The first-order chi connectivity index (χ1) is 9.20. The van der Waals surface area contributed by atoms with E-state index in [2.05, 4.69) is 0 Å². The molecule has 5 heteroatoms. The van der Waals surface area contributed by atoms with Crippen LogP contribution in [0.3, 0.4) is 0 Å². The highest BCUT2D eigenvalue weighted by atomic mass is 16.7. The van der Waals surface area contributed by atoms with Crippen LogP contribution in [0.25, 0.3) is 0 Å². The van der Waals surface area contributed by atoms with E-state index in [0.717, 1.165) is 11.1 Å². The number of aromatic hydroxyl groups is 1. The molecule has 2 aliphatic rings. The third kappa shape index (κ3) is 2.67. The smallest absolute Gasteiger partial charge is 0.336 e. The molecule has 0 saturated heterocycles. The van der Waals surface area contributed by atoms with Crippen molar-refractivity contribution in [3.05, 3.63) is 53.3 Å². The highest BCUT2D eigenvalue weighted by Crippen LogP contribution is 2.26. The van der Waals surface area contributed by atoms with Crippen LogP contribution in [-0.2, 0) is 25.6 Å². The van der Waals surface area contributed by atoms with E-state index in [0.29, 0.717) is 19.0 Å². The minimum atomic E-state index is -0.555. The number of rotatable bonds is 3. The summed E-state index contributed by atoms with van der Waals surface area (Å²) in [5.74, 6) is 0.328. The molecule has 2 aliphatic heterocycles. The average Bonchev–Trinajstić information content (AvgIpc) is 2.75. The maximum Gasteiger partial charge on any atom is 0.336 e. The number of ether oxygens (including phenoxy) is 3. The van der Waals surface area contributed by atoms with Gasteiger partial charge in [0.2, 0.25) is 0 Å². The van der Waals surface area contributed by atoms with Crippen molar-refractivity contribution in [1.82, 2.24) is 0 Å². The van der Waals surface area contributed by atoms with Crippen LogP contribution in [0.2, 0.25) is 0 Å². The predicted molar refractivity (Wildman–Crippen MR) is 64.9 cm³/mol. The molecule has 0 saturated carbocycles. The molecular weight excluding hydrogens is 248 g/mol. The predicted octanol–water partition coefficient (Wildman–Crippen LogP) is 1.63. The Morgan fingerprint density at radius 2 is 2.32 bits per heavy atom. The van der Waals surface area contributed by atoms with Gasteiger partial charge in [-0.2, -0.15) is 0 Å². The zero-order valence-electron chi connectivity index (χ0n) is 10.0. The number of hydrogen-bond acceptors (Lipinski definition) is 5. The van der Waals surface area contributed by atoms with Crippen molar-refractivity contribution in [2.75, 3.05) is 6.61 Å². The summed E-state index contributed by atoms with van der Waals surface area (Å²) in [6.45, 7) is 0.595. The Hall–Kier alpha value is -2.11. The van der Waals surface area contributed by atoms with E-state index in [1.165, 1.54) is 6.08 Å². The summed E-state index contributed by atoms with van der Waals surface area (Å²) in [7, 11) is 0. The van der Waals surface area contributed by atoms with Gasteiger partial charge in [-0.3, -0.25) is 0 Å². The second-order valence-corrected chi connectivity index (χ2v) is 4.28. The fourth-order valence-electron chi connectivity index (χ4n) is 1.94. The molecule has 5 nitrogen and oxygen atoms in total. The molecule has 2 heterocycles. The van der Waals surface area contributed by atoms with Crippen molar-refractivity contribution in [3.63, 3.8) is 0 Å². The van der Waals surface area contributed by atoms with Crippen molar-refractivity contribution in [3.8, 4) is 5.75 Å². The lowest BCUT2D eigenvalue weighted by Gasteiger charge is -2.20. The third-order valence-corrected chi connectivity index (χ3v) is 2.83. The lowest BCUT2D eigenvalue weighted by molar-refractivity contribution is -0.134. The van der Waals surface area contributed by atoms with Crippen LogP contribution < -0.4 is 0 Å². The highest BCUT2D eigenvalue weighted by molar-refractivity contribution is 5.88. The van der Waals surface area contributed by atoms with E-state index in [1.54, 1.807) is 24.3 Å². The molecule has 1 unspecified atom stereocenters. The molecule has 19 heavy (non-hydrogen) atoms. The summed E-state index contributed by atoms with van der Waals surface area (Å²) < 4.78 is 16.0. The maximum absolute atomic E-state index is 11.1. The van der Waals surface area contributed by atoms with Gasteiger partial charge in [0.05, 0.1) is 13.2 Å². The summed E-state index contributed by atoms with van der Waals surface area (Å²) in [4.78, 5) is 11.1. The van der Waals surface area contributed by atoms with Gasteiger partial charge in [0.1, 0.15) is 11.5 Å². The van der Waals surface area contributed by atoms with Crippen molar-refractivity contribution in [2.45, 2.75) is 12.9 Å².